The van der Waals surface area contributed by atoms with Crippen molar-refractivity contribution in [2.24, 2.45) is 0 Å². The molecule has 0 spiro atoms. The van der Waals surface area contributed by atoms with Crippen LogP contribution in [-0.4, -0.2) is 30.2 Å². The first-order valence-electron chi connectivity index (χ1n) is 5.36. The molecule has 0 bridgehead atoms. The molecule has 17 heavy (non-hydrogen) atoms. The van der Waals surface area contributed by atoms with E-state index < -0.39 is 18.1 Å². The molecule has 0 aliphatic carbocycles. The van der Waals surface area contributed by atoms with Crippen LogP contribution in [0.1, 0.15) is 22.8 Å². The summed E-state index contributed by atoms with van der Waals surface area (Å²) in [6.45, 7) is 1.35. The summed E-state index contributed by atoms with van der Waals surface area (Å²) >= 11 is 0. The maximum absolute atomic E-state index is 11.9. The molecule has 90 valence electrons. The van der Waals surface area contributed by atoms with Gasteiger partial charge < -0.3 is 15.2 Å². The highest BCUT2D eigenvalue weighted by Crippen LogP contribution is 2.31. The van der Waals surface area contributed by atoms with Crippen LogP contribution in [0.5, 0.6) is 0 Å². The summed E-state index contributed by atoms with van der Waals surface area (Å²) in [5.41, 5.74) is -0.593. The lowest BCUT2D eigenvalue weighted by atomic mass is 9.91. The van der Waals surface area contributed by atoms with Crippen molar-refractivity contribution in [1.82, 2.24) is 5.32 Å². The van der Waals surface area contributed by atoms with Crippen LogP contribution >= 0.6 is 0 Å². The highest BCUT2D eigenvalue weighted by atomic mass is 16.5. The fraction of sp³-hybridized carbons (Fsp3) is 0.333. The van der Waals surface area contributed by atoms with Gasteiger partial charge >= 0.3 is 5.97 Å². The number of esters is 1. The number of amides is 1. The van der Waals surface area contributed by atoms with Crippen molar-refractivity contribution < 1.29 is 19.4 Å². The van der Waals surface area contributed by atoms with E-state index in [9.17, 15) is 14.7 Å². The molecule has 1 aliphatic rings. The zero-order chi connectivity index (χ0) is 12.5. The first-order chi connectivity index (χ1) is 8.15. The molecule has 5 heteroatoms. The second-order valence-electron chi connectivity index (χ2n) is 3.78. The zero-order valence-corrected chi connectivity index (χ0v) is 9.40. The number of carbonyl (C=O) groups excluding carboxylic acids is 2. The molecule has 2 N–H and O–H groups in total. The van der Waals surface area contributed by atoms with Crippen molar-refractivity contribution in [1.29, 1.82) is 0 Å². The third kappa shape index (κ3) is 1.59. The fourth-order valence-corrected chi connectivity index (χ4v) is 1.99. The molecular weight excluding hydrogens is 222 g/mol. The van der Waals surface area contributed by atoms with Gasteiger partial charge in [0.15, 0.2) is 5.54 Å². The smallest absolute Gasteiger partial charge is 0.339 e. The molecule has 1 atom stereocenters. The maximum Gasteiger partial charge on any atom is 0.339 e. The lowest BCUT2D eigenvalue weighted by Crippen LogP contribution is -2.50. The number of aliphatic hydroxyl groups excluding tert-OH is 1. The van der Waals surface area contributed by atoms with Crippen molar-refractivity contribution in [3.05, 3.63) is 35.4 Å². The Labute approximate surface area is 98.4 Å². The van der Waals surface area contributed by atoms with Gasteiger partial charge in [0.25, 0.3) is 5.91 Å². The molecule has 0 saturated heterocycles. The number of hydrogen-bond donors (Lipinski definition) is 2. The van der Waals surface area contributed by atoms with Crippen molar-refractivity contribution in [2.75, 3.05) is 13.2 Å². The summed E-state index contributed by atoms with van der Waals surface area (Å²) in [5.74, 6) is -1.01. The van der Waals surface area contributed by atoms with E-state index in [-0.39, 0.29) is 12.5 Å². The standard InChI is InChI=1S/C12H13NO4/c1-2-17-11(16)12(7-14)9-6-4-3-5-8(9)10(15)13-12/h3-6,14H,2,7H2,1H3,(H,13,15). The Balaban J connectivity index is 2.51. The van der Waals surface area contributed by atoms with Gasteiger partial charge in [0.05, 0.1) is 13.2 Å². The van der Waals surface area contributed by atoms with Gasteiger partial charge in [-0.3, -0.25) is 4.79 Å². The average molecular weight is 235 g/mol. The van der Waals surface area contributed by atoms with Crippen LogP contribution in [0.15, 0.2) is 24.3 Å². The maximum atomic E-state index is 11.9. The normalized spacial score (nSPS) is 21.9. The molecule has 5 nitrogen and oxygen atoms in total. The monoisotopic (exact) mass is 235 g/mol. The third-order valence-corrected chi connectivity index (χ3v) is 2.82. The predicted molar refractivity (Wildman–Crippen MR) is 59.3 cm³/mol. The van der Waals surface area contributed by atoms with Gasteiger partial charge in [-0.25, -0.2) is 4.79 Å². The largest absolute Gasteiger partial charge is 0.464 e. The van der Waals surface area contributed by atoms with Gasteiger partial charge in [0.1, 0.15) is 0 Å². The molecule has 1 aromatic carbocycles. The summed E-state index contributed by atoms with van der Waals surface area (Å²) in [6, 6.07) is 6.67. The number of benzene rings is 1. The number of nitrogens with one attached hydrogen (secondary N) is 1. The minimum Gasteiger partial charge on any atom is -0.464 e. The lowest BCUT2D eigenvalue weighted by Gasteiger charge is -2.25. The van der Waals surface area contributed by atoms with Crippen molar-refractivity contribution >= 4 is 11.9 Å². The highest BCUT2D eigenvalue weighted by molar-refractivity contribution is 6.05. The van der Waals surface area contributed by atoms with Crippen molar-refractivity contribution in [3.8, 4) is 0 Å². The SMILES string of the molecule is CCOC(=O)C1(CO)NC(=O)c2ccccc21. The minimum absolute atomic E-state index is 0.193. The molecule has 1 unspecified atom stereocenters. The molecule has 1 aromatic rings. The van der Waals surface area contributed by atoms with E-state index in [0.717, 1.165) is 0 Å². The Morgan fingerprint density at radius 2 is 2.18 bits per heavy atom. The Kier molecular flexibility index (Phi) is 2.85. The predicted octanol–water partition coefficient (Wildman–Crippen LogP) is 0.181. The fourth-order valence-electron chi connectivity index (χ4n) is 1.99. The van der Waals surface area contributed by atoms with E-state index in [1.165, 1.54) is 0 Å². The van der Waals surface area contributed by atoms with Gasteiger partial charge in [-0.1, -0.05) is 18.2 Å². The minimum atomic E-state index is -1.45. The molecule has 0 aromatic heterocycles. The summed E-state index contributed by atoms with van der Waals surface area (Å²) in [4.78, 5) is 23.6. The highest BCUT2D eigenvalue weighted by Gasteiger charge is 2.49. The summed E-state index contributed by atoms with van der Waals surface area (Å²) < 4.78 is 4.91. The third-order valence-electron chi connectivity index (χ3n) is 2.82. The molecule has 0 fully saturated rings. The number of fused-ring (bicyclic) bond motifs is 1. The summed E-state index contributed by atoms with van der Waals surface area (Å²) in [6.07, 6.45) is 0. The number of hydrogen-bond acceptors (Lipinski definition) is 4. The Bertz CT molecular complexity index is 471. The van der Waals surface area contributed by atoms with Gasteiger partial charge in [-0.2, -0.15) is 0 Å². The van der Waals surface area contributed by atoms with Gasteiger partial charge in [-0.15, -0.1) is 0 Å². The Morgan fingerprint density at radius 3 is 2.82 bits per heavy atom. The van der Waals surface area contributed by atoms with E-state index in [4.69, 9.17) is 4.74 Å². The van der Waals surface area contributed by atoms with Crippen LogP contribution in [0.25, 0.3) is 0 Å². The number of ether oxygens (including phenoxy) is 1. The molecule has 1 heterocycles. The van der Waals surface area contributed by atoms with Crippen LogP contribution in [-0.2, 0) is 15.1 Å². The van der Waals surface area contributed by atoms with Crippen molar-refractivity contribution in [3.63, 3.8) is 0 Å². The quantitative estimate of drug-likeness (QED) is 0.733. The Morgan fingerprint density at radius 1 is 1.47 bits per heavy atom. The van der Waals surface area contributed by atoms with Gasteiger partial charge in [-0.05, 0) is 13.0 Å². The second-order valence-corrected chi connectivity index (χ2v) is 3.78. The van der Waals surface area contributed by atoms with Crippen LogP contribution in [0.4, 0.5) is 0 Å². The van der Waals surface area contributed by atoms with Crippen molar-refractivity contribution in [2.45, 2.75) is 12.5 Å². The molecule has 0 radical (unpaired) electrons. The average Bonchev–Trinajstić information content (AvgIpc) is 2.65. The molecule has 2 rings (SSSR count). The second kappa shape index (κ2) is 4.18. The molecular formula is C12H13NO4. The van der Waals surface area contributed by atoms with Crippen LogP contribution in [0.2, 0.25) is 0 Å². The van der Waals surface area contributed by atoms with E-state index >= 15 is 0 Å². The summed E-state index contributed by atoms with van der Waals surface area (Å²) in [7, 11) is 0. The van der Waals surface area contributed by atoms with Crippen LogP contribution in [0, 0.1) is 0 Å². The molecule has 1 amide bonds. The van der Waals surface area contributed by atoms with E-state index in [1.54, 1.807) is 31.2 Å². The van der Waals surface area contributed by atoms with Crippen LogP contribution < -0.4 is 5.32 Å². The number of aliphatic hydroxyl groups is 1. The molecule has 1 aliphatic heterocycles. The first-order valence-corrected chi connectivity index (χ1v) is 5.36. The van der Waals surface area contributed by atoms with Crippen LogP contribution in [0.3, 0.4) is 0 Å². The number of rotatable bonds is 3. The first kappa shape index (κ1) is 11.6. The van der Waals surface area contributed by atoms with E-state index in [0.29, 0.717) is 11.1 Å². The zero-order valence-electron chi connectivity index (χ0n) is 9.40. The topological polar surface area (TPSA) is 75.6 Å². The summed E-state index contributed by atoms with van der Waals surface area (Å²) in [5, 5.41) is 12.0. The number of carbonyl (C=O) groups is 2. The molecule has 0 saturated carbocycles. The Hall–Kier alpha value is -1.88. The lowest BCUT2D eigenvalue weighted by molar-refractivity contribution is -0.152. The van der Waals surface area contributed by atoms with Gasteiger partial charge in [0, 0.05) is 11.1 Å². The van der Waals surface area contributed by atoms with E-state index in [1.807, 2.05) is 0 Å². The van der Waals surface area contributed by atoms with E-state index in [2.05, 4.69) is 5.32 Å². The van der Waals surface area contributed by atoms with Gasteiger partial charge in [0.2, 0.25) is 0 Å².